The number of aryl methyl sites for hydroxylation is 1. The summed E-state index contributed by atoms with van der Waals surface area (Å²) in [5, 5.41) is 1.08. The number of benzene rings is 1. The largest absolute Gasteiger partial charge is 0.378 e. The summed E-state index contributed by atoms with van der Waals surface area (Å²) >= 11 is 7.92. The Hall–Kier alpha value is -1.80. The number of rotatable bonds is 3. The summed E-state index contributed by atoms with van der Waals surface area (Å²) in [6, 6.07) is 10.5. The van der Waals surface area contributed by atoms with Gasteiger partial charge in [0.1, 0.15) is 15.8 Å². The maximum atomic E-state index is 6.07. The van der Waals surface area contributed by atoms with Crippen molar-refractivity contribution in [3.8, 4) is 0 Å². The van der Waals surface area contributed by atoms with Crippen molar-refractivity contribution in [3.63, 3.8) is 0 Å². The standard InChI is InChI=1S/C24H29N3O2S2/c30-24(27-12-16-29-17-13-27)21-19-8-4-5-9-20(19)31-23(21)25-22(18-6-2-1-3-7-18)26-10-14-28-15-11-26/h1-3,6-7H,4-5,8-17H2. The van der Waals surface area contributed by atoms with E-state index >= 15 is 0 Å². The second-order valence-electron chi connectivity index (χ2n) is 8.20. The lowest BCUT2D eigenvalue weighted by Crippen LogP contribution is -2.41. The summed E-state index contributed by atoms with van der Waals surface area (Å²) in [6.07, 6.45) is 4.75. The van der Waals surface area contributed by atoms with E-state index in [9.17, 15) is 0 Å². The van der Waals surface area contributed by atoms with Gasteiger partial charge in [0, 0.05) is 42.2 Å². The Labute approximate surface area is 193 Å². The summed E-state index contributed by atoms with van der Waals surface area (Å²) < 4.78 is 11.2. The zero-order valence-electron chi connectivity index (χ0n) is 17.8. The van der Waals surface area contributed by atoms with Gasteiger partial charge in [0.15, 0.2) is 0 Å². The van der Waals surface area contributed by atoms with Crippen LogP contribution in [0.15, 0.2) is 35.3 Å². The Bertz CT molecular complexity index is 945. The molecule has 5 rings (SSSR count). The lowest BCUT2D eigenvalue weighted by Gasteiger charge is -2.31. The first-order valence-corrected chi connectivity index (χ1v) is 12.5. The van der Waals surface area contributed by atoms with E-state index in [1.165, 1.54) is 28.8 Å². The van der Waals surface area contributed by atoms with Crippen molar-refractivity contribution in [3.05, 3.63) is 51.9 Å². The SMILES string of the molecule is S=C(c1c(N=C(c2ccccc2)N2CCOCC2)sc2c1CCCC2)N1CCOCC1. The van der Waals surface area contributed by atoms with Crippen LogP contribution in [0.4, 0.5) is 5.00 Å². The number of fused-ring (bicyclic) bond motifs is 1. The lowest BCUT2D eigenvalue weighted by atomic mass is 9.95. The molecule has 7 heteroatoms. The van der Waals surface area contributed by atoms with Crippen molar-refractivity contribution in [1.29, 1.82) is 0 Å². The molecule has 5 nitrogen and oxygen atoms in total. The average Bonchev–Trinajstić information content (AvgIpc) is 3.22. The molecule has 2 aliphatic heterocycles. The number of thiophene rings is 1. The number of hydrogen-bond acceptors (Lipinski definition) is 5. The van der Waals surface area contributed by atoms with E-state index in [1.54, 1.807) is 0 Å². The number of thiocarbonyl (C=S) groups is 1. The molecule has 0 saturated carbocycles. The van der Waals surface area contributed by atoms with E-state index in [4.69, 9.17) is 26.7 Å². The third-order valence-corrected chi connectivity index (χ3v) is 7.86. The van der Waals surface area contributed by atoms with Crippen LogP contribution in [0.25, 0.3) is 0 Å². The van der Waals surface area contributed by atoms with E-state index in [1.807, 2.05) is 11.3 Å². The van der Waals surface area contributed by atoms with E-state index < -0.39 is 0 Å². The Kier molecular flexibility index (Phi) is 6.64. The van der Waals surface area contributed by atoms with Crippen LogP contribution in [0.5, 0.6) is 0 Å². The molecule has 0 unspecified atom stereocenters. The summed E-state index contributed by atoms with van der Waals surface area (Å²) in [7, 11) is 0. The third-order valence-electron chi connectivity index (χ3n) is 6.21. The van der Waals surface area contributed by atoms with Crippen LogP contribution < -0.4 is 0 Å². The molecule has 3 aliphatic rings. The van der Waals surface area contributed by atoms with Crippen molar-refractivity contribution >= 4 is 39.4 Å². The molecule has 0 atom stereocenters. The smallest absolute Gasteiger partial charge is 0.137 e. The van der Waals surface area contributed by atoms with Crippen LogP contribution in [0.3, 0.4) is 0 Å². The Morgan fingerprint density at radius 3 is 2.23 bits per heavy atom. The number of nitrogens with zero attached hydrogens (tertiary/aromatic N) is 3. The van der Waals surface area contributed by atoms with Crippen molar-refractivity contribution in [1.82, 2.24) is 9.80 Å². The molecule has 0 N–H and O–H groups in total. The van der Waals surface area contributed by atoms with Crippen molar-refractivity contribution in [2.45, 2.75) is 25.7 Å². The van der Waals surface area contributed by atoms with Gasteiger partial charge in [-0.25, -0.2) is 4.99 Å². The number of hydrogen-bond donors (Lipinski definition) is 0. The molecule has 1 aliphatic carbocycles. The molecule has 0 radical (unpaired) electrons. The molecule has 3 heterocycles. The zero-order valence-corrected chi connectivity index (χ0v) is 19.5. The monoisotopic (exact) mass is 455 g/mol. The van der Waals surface area contributed by atoms with Crippen LogP contribution in [-0.2, 0) is 22.3 Å². The zero-order chi connectivity index (χ0) is 21.0. The summed E-state index contributed by atoms with van der Waals surface area (Å²) in [4.78, 5) is 12.4. The van der Waals surface area contributed by atoms with Gasteiger partial charge < -0.3 is 19.3 Å². The number of aliphatic imine (C=N–C) groups is 1. The maximum absolute atomic E-state index is 6.07. The fraction of sp³-hybridized carbons (Fsp3) is 0.500. The van der Waals surface area contributed by atoms with Gasteiger partial charge in [-0.2, -0.15) is 0 Å². The van der Waals surface area contributed by atoms with E-state index in [0.29, 0.717) is 0 Å². The van der Waals surface area contributed by atoms with Crippen molar-refractivity contribution in [2.75, 3.05) is 52.6 Å². The molecule has 0 amide bonds. The van der Waals surface area contributed by atoms with Gasteiger partial charge in [-0.15, -0.1) is 11.3 Å². The van der Waals surface area contributed by atoms with Gasteiger partial charge in [0.25, 0.3) is 0 Å². The summed E-state index contributed by atoms with van der Waals surface area (Å²) in [5.41, 5.74) is 3.80. The van der Waals surface area contributed by atoms with Gasteiger partial charge in [-0.1, -0.05) is 42.5 Å². The van der Waals surface area contributed by atoms with Crippen LogP contribution in [-0.4, -0.2) is 73.2 Å². The first-order chi connectivity index (χ1) is 15.3. The minimum Gasteiger partial charge on any atom is -0.378 e. The molecule has 2 aromatic rings. The predicted octanol–water partition coefficient (Wildman–Crippen LogP) is 4.05. The van der Waals surface area contributed by atoms with Crippen LogP contribution in [0.2, 0.25) is 0 Å². The predicted molar refractivity (Wildman–Crippen MR) is 130 cm³/mol. The molecular weight excluding hydrogens is 426 g/mol. The molecule has 31 heavy (non-hydrogen) atoms. The first kappa shape index (κ1) is 21.1. The molecule has 2 fully saturated rings. The van der Waals surface area contributed by atoms with Crippen molar-refractivity contribution in [2.24, 2.45) is 4.99 Å². The van der Waals surface area contributed by atoms with Crippen LogP contribution in [0, 0.1) is 0 Å². The third kappa shape index (κ3) is 4.55. The van der Waals surface area contributed by atoms with E-state index in [-0.39, 0.29) is 0 Å². The molecule has 0 bridgehead atoms. The van der Waals surface area contributed by atoms with E-state index in [0.717, 1.165) is 86.8 Å². The Balaban J connectivity index is 1.59. The van der Waals surface area contributed by atoms with Gasteiger partial charge in [-0.3, -0.25) is 0 Å². The highest BCUT2D eigenvalue weighted by Gasteiger charge is 2.28. The van der Waals surface area contributed by atoms with Gasteiger partial charge >= 0.3 is 0 Å². The number of ether oxygens (including phenoxy) is 2. The first-order valence-electron chi connectivity index (χ1n) is 11.3. The van der Waals surface area contributed by atoms with Gasteiger partial charge in [0.05, 0.1) is 26.4 Å². The highest BCUT2D eigenvalue weighted by Crippen LogP contribution is 2.41. The fourth-order valence-electron chi connectivity index (χ4n) is 4.55. The highest BCUT2D eigenvalue weighted by molar-refractivity contribution is 7.80. The van der Waals surface area contributed by atoms with Gasteiger partial charge in [-0.05, 0) is 31.2 Å². The molecule has 1 aromatic carbocycles. The minimum absolute atomic E-state index is 0.742. The molecule has 2 saturated heterocycles. The van der Waals surface area contributed by atoms with Gasteiger partial charge in [0.2, 0.25) is 0 Å². The number of morpholine rings is 2. The number of amidine groups is 1. The lowest BCUT2D eigenvalue weighted by molar-refractivity contribution is 0.0683. The topological polar surface area (TPSA) is 37.3 Å². The fourth-order valence-corrected chi connectivity index (χ4v) is 6.28. The molecule has 1 aromatic heterocycles. The molecule has 0 spiro atoms. The second-order valence-corrected chi connectivity index (χ2v) is 9.67. The average molecular weight is 456 g/mol. The van der Waals surface area contributed by atoms with Crippen LogP contribution >= 0.6 is 23.6 Å². The summed E-state index contributed by atoms with van der Waals surface area (Å²) in [6.45, 7) is 6.42. The molecule has 164 valence electrons. The highest BCUT2D eigenvalue weighted by atomic mass is 32.1. The Morgan fingerprint density at radius 1 is 0.871 bits per heavy atom. The normalized spacial score (nSPS) is 19.9. The quantitative estimate of drug-likeness (QED) is 0.397. The Morgan fingerprint density at radius 2 is 1.52 bits per heavy atom. The van der Waals surface area contributed by atoms with Crippen LogP contribution in [0.1, 0.15) is 34.4 Å². The minimum atomic E-state index is 0.742. The molecular formula is C24H29N3O2S2. The second kappa shape index (κ2) is 9.77. The van der Waals surface area contributed by atoms with E-state index in [2.05, 4.69) is 40.1 Å². The summed E-state index contributed by atoms with van der Waals surface area (Å²) in [5.74, 6) is 1.04. The maximum Gasteiger partial charge on any atom is 0.137 e. The van der Waals surface area contributed by atoms with Crippen molar-refractivity contribution < 1.29 is 9.47 Å².